The van der Waals surface area contributed by atoms with Crippen LogP contribution in [0.4, 0.5) is 0 Å². The van der Waals surface area contributed by atoms with Gasteiger partial charge in [-0.05, 0) is 37.2 Å². The molecule has 16 heavy (non-hydrogen) atoms. The fourth-order valence-corrected chi connectivity index (χ4v) is 2.36. The average Bonchev–Trinajstić information content (AvgIpc) is 2.24. The Morgan fingerprint density at radius 3 is 2.62 bits per heavy atom. The summed E-state index contributed by atoms with van der Waals surface area (Å²) in [5.74, 6) is 1.14. The Bertz CT molecular complexity index is 339. The molecule has 1 aromatic carbocycles. The van der Waals surface area contributed by atoms with E-state index in [1.165, 1.54) is 5.56 Å². The van der Waals surface area contributed by atoms with Crippen LogP contribution in [0.5, 0.6) is 0 Å². The van der Waals surface area contributed by atoms with Crippen molar-refractivity contribution in [3.8, 4) is 0 Å². The van der Waals surface area contributed by atoms with E-state index in [1.54, 1.807) is 0 Å². The molecule has 0 atom stereocenters. The Hall–Kier alpha value is -1.31. The van der Waals surface area contributed by atoms with E-state index in [-0.39, 0.29) is 5.97 Å². The van der Waals surface area contributed by atoms with Gasteiger partial charge in [0.1, 0.15) is 0 Å². The lowest BCUT2D eigenvalue weighted by Crippen LogP contribution is -2.25. The van der Waals surface area contributed by atoms with Crippen LogP contribution < -0.4 is 0 Å². The van der Waals surface area contributed by atoms with Gasteiger partial charge < -0.3 is 4.74 Å². The molecule has 2 nitrogen and oxygen atoms in total. The molecule has 1 aliphatic carbocycles. The van der Waals surface area contributed by atoms with E-state index < -0.39 is 0 Å². The zero-order valence-corrected chi connectivity index (χ0v) is 9.69. The summed E-state index contributed by atoms with van der Waals surface area (Å²) in [5.41, 5.74) is 1.41. The quantitative estimate of drug-likeness (QED) is 0.726. The van der Waals surface area contributed by atoms with Crippen LogP contribution in [0.25, 0.3) is 0 Å². The Morgan fingerprint density at radius 1 is 1.31 bits per heavy atom. The van der Waals surface area contributed by atoms with E-state index in [1.807, 2.05) is 13.0 Å². The molecule has 1 aliphatic rings. The van der Waals surface area contributed by atoms with Gasteiger partial charge in [-0.2, -0.15) is 0 Å². The van der Waals surface area contributed by atoms with Crippen LogP contribution in [0.1, 0.15) is 37.7 Å². The highest BCUT2D eigenvalue weighted by Crippen LogP contribution is 2.43. The van der Waals surface area contributed by atoms with Gasteiger partial charge in [0.25, 0.3) is 0 Å². The fourth-order valence-electron chi connectivity index (χ4n) is 2.36. The normalized spacial score (nSPS) is 23.6. The van der Waals surface area contributed by atoms with Crippen molar-refractivity contribution in [1.29, 1.82) is 0 Å². The minimum absolute atomic E-state index is 0.0426. The number of esters is 1. The van der Waals surface area contributed by atoms with E-state index in [0.717, 1.165) is 12.8 Å². The predicted octanol–water partition coefficient (Wildman–Crippen LogP) is 3.13. The van der Waals surface area contributed by atoms with Gasteiger partial charge >= 0.3 is 5.97 Å². The van der Waals surface area contributed by atoms with Crippen molar-refractivity contribution in [2.24, 2.45) is 5.92 Å². The van der Waals surface area contributed by atoms with Gasteiger partial charge in [-0.1, -0.05) is 30.3 Å². The molecule has 0 radical (unpaired) electrons. The first kappa shape index (κ1) is 11.2. The first-order chi connectivity index (χ1) is 7.79. The third-order valence-electron chi connectivity index (χ3n) is 3.27. The zero-order valence-electron chi connectivity index (χ0n) is 9.69. The second-order valence-electron chi connectivity index (χ2n) is 4.45. The fraction of sp³-hybridized carbons (Fsp3) is 0.500. The molecule has 0 aromatic heterocycles. The van der Waals surface area contributed by atoms with Gasteiger partial charge in [0.2, 0.25) is 0 Å². The first-order valence-corrected chi connectivity index (χ1v) is 6.00. The molecule has 0 saturated heterocycles. The summed E-state index contributed by atoms with van der Waals surface area (Å²) in [5, 5.41) is 0. The molecular weight excluding hydrogens is 200 g/mol. The molecular formula is C14H18O2. The molecule has 2 rings (SSSR count). The summed E-state index contributed by atoms with van der Waals surface area (Å²) in [6, 6.07) is 10.5. The molecule has 0 N–H and O–H groups in total. The Labute approximate surface area is 96.6 Å². The van der Waals surface area contributed by atoms with Crippen LogP contribution >= 0.6 is 0 Å². The maximum atomic E-state index is 11.3. The number of rotatable bonds is 4. The van der Waals surface area contributed by atoms with E-state index in [0.29, 0.717) is 24.9 Å². The first-order valence-electron chi connectivity index (χ1n) is 6.00. The molecule has 0 heterocycles. The molecule has 0 unspecified atom stereocenters. The van der Waals surface area contributed by atoms with Crippen molar-refractivity contribution in [1.82, 2.24) is 0 Å². The lowest BCUT2D eigenvalue weighted by molar-refractivity contribution is -0.145. The largest absolute Gasteiger partial charge is 0.466 e. The van der Waals surface area contributed by atoms with Crippen LogP contribution in [0.2, 0.25) is 0 Å². The molecule has 2 heteroatoms. The van der Waals surface area contributed by atoms with E-state index >= 15 is 0 Å². The molecule has 0 amide bonds. The van der Waals surface area contributed by atoms with E-state index in [2.05, 4.69) is 24.3 Å². The van der Waals surface area contributed by atoms with Crippen molar-refractivity contribution >= 4 is 5.97 Å². The second kappa shape index (κ2) is 5.15. The summed E-state index contributed by atoms with van der Waals surface area (Å²) in [6.45, 7) is 2.35. The van der Waals surface area contributed by atoms with Gasteiger partial charge in [-0.3, -0.25) is 4.79 Å². The SMILES string of the molecule is CCOC(=O)CC1CC(c2ccccc2)C1. The summed E-state index contributed by atoms with van der Waals surface area (Å²) in [4.78, 5) is 11.3. The number of hydrogen-bond donors (Lipinski definition) is 0. The van der Waals surface area contributed by atoms with Gasteiger partial charge in [0.05, 0.1) is 6.61 Å². The number of carbonyl (C=O) groups is 1. The predicted molar refractivity (Wildman–Crippen MR) is 63.2 cm³/mol. The highest BCUT2D eigenvalue weighted by Gasteiger charge is 2.31. The minimum atomic E-state index is -0.0426. The summed E-state index contributed by atoms with van der Waals surface area (Å²) >= 11 is 0. The smallest absolute Gasteiger partial charge is 0.306 e. The van der Waals surface area contributed by atoms with Crippen molar-refractivity contribution in [2.75, 3.05) is 6.61 Å². The highest BCUT2D eigenvalue weighted by atomic mass is 16.5. The zero-order chi connectivity index (χ0) is 11.4. The standard InChI is InChI=1S/C14H18O2/c1-2-16-14(15)10-11-8-13(9-11)12-6-4-3-5-7-12/h3-7,11,13H,2,8-10H2,1H3. The van der Waals surface area contributed by atoms with Crippen LogP contribution in [-0.4, -0.2) is 12.6 Å². The Kier molecular flexibility index (Phi) is 3.60. The molecule has 1 fully saturated rings. The molecule has 0 bridgehead atoms. The minimum Gasteiger partial charge on any atom is -0.466 e. The topological polar surface area (TPSA) is 26.3 Å². The number of benzene rings is 1. The lowest BCUT2D eigenvalue weighted by atomic mass is 9.70. The number of carbonyl (C=O) groups excluding carboxylic acids is 1. The van der Waals surface area contributed by atoms with Gasteiger partial charge in [0, 0.05) is 6.42 Å². The van der Waals surface area contributed by atoms with Crippen molar-refractivity contribution in [2.45, 2.75) is 32.1 Å². The van der Waals surface area contributed by atoms with Crippen molar-refractivity contribution in [3.05, 3.63) is 35.9 Å². The maximum absolute atomic E-state index is 11.3. The summed E-state index contributed by atoms with van der Waals surface area (Å²) < 4.78 is 4.95. The Balaban J connectivity index is 1.76. The van der Waals surface area contributed by atoms with Crippen LogP contribution in [0.15, 0.2) is 30.3 Å². The third kappa shape index (κ3) is 2.63. The van der Waals surface area contributed by atoms with Crippen molar-refractivity contribution < 1.29 is 9.53 Å². The van der Waals surface area contributed by atoms with Crippen LogP contribution in [-0.2, 0) is 9.53 Å². The van der Waals surface area contributed by atoms with Crippen molar-refractivity contribution in [3.63, 3.8) is 0 Å². The van der Waals surface area contributed by atoms with Crippen LogP contribution in [0.3, 0.4) is 0 Å². The highest BCUT2D eigenvalue weighted by molar-refractivity contribution is 5.69. The van der Waals surface area contributed by atoms with E-state index in [9.17, 15) is 4.79 Å². The number of ether oxygens (including phenoxy) is 1. The average molecular weight is 218 g/mol. The lowest BCUT2D eigenvalue weighted by Gasteiger charge is -2.35. The molecule has 0 aliphatic heterocycles. The van der Waals surface area contributed by atoms with Gasteiger partial charge in [0.15, 0.2) is 0 Å². The molecule has 1 saturated carbocycles. The number of hydrogen-bond acceptors (Lipinski definition) is 2. The molecule has 1 aromatic rings. The molecule has 0 spiro atoms. The molecule has 86 valence electrons. The third-order valence-corrected chi connectivity index (χ3v) is 3.27. The summed E-state index contributed by atoms with van der Waals surface area (Å²) in [6.07, 6.45) is 2.85. The van der Waals surface area contributed by atoms with E-state index in [4.69, 9.17) is 4.74 Å². The second-order valence-corrected chi connectivity index (χ2v) is 4.45. The maximum Gasteiger partial charge on any atom is 0.306 e. The van der Waals surface area contributed by atoms with Gasteiger partial charge in [-0.25, -0.2) is 0 Å². The summed E-state index contributed by atoms with van der Waals surface area (Å²) in [7, 11) is 0. The Morgan fingerprint density at radius 2 is 2.00 bits per heavy atom. The van der Waals surface area contributed by atoms with Crippen LogP contribution in [0, 0.1) is 5.92 Å². The monoisotopic (exact) mass is 218 g/mol. The van der Waals surface area contributed by atoms with Gasteiger partial charge in [-0.15, -0.1) is 0 Å².